The van der Waals surface area contributed by atoms with E-state index in [2.05, 4.69) is 4.98 Å². The maximum absolute atomic E-state index is 12.6. The molecule has 0 amide bonds. The van der Waals surface area contributed by atoms with E-state index >= 15 is 0 Å². The monoisotopic (exact) mass is 318 g/mol. The molecule has 0 bridgehead atoms. The molecule has 6 nitrogen and oxygen atoms in total. The molecule has 0 spiro atoms. The van der Waals surface area contributed by atoms with Crippen LogP contribution >= 0.6 is 11.6 Å². The van der Waals surface area contributed by atoms with Crippen LogP contribution in [0.1, 0.15) is 25.7 Å². The minimum Gasteiger partial charge on any atom is -0.480 e. The molecule has 1 saturated heterocycles. The normalized spacial score (nSPS) is 21.4. The molecule has 1 fully saturated rings. The number of aliphatic carboxylic acids is 1. The summed E-state index contributed by atoms with van der Waals surface area (Å²) in [7, 11) is -3.95. The van der Waals surface area contributed by atoms with Crippen molar-refractivity contribution in [3.63, 3.8) is 0 Å². The molecule has 0 saturated carbocycles. The number of nitrogens with zero attached hydrogens (tertiary/aromatic N) is 2. The Hall–Kier alpha value is -1.18. The van der Waals surface area contributed by atoms with Gasteiger partial charge in [-0.15, -0.1) is 0 Å². The highest BCUT2D eigenvalue weighted by Crippen LogP contribution is 2.27. The second-order valence-corrected chi connectivity index (χ2v) is 6.83. The number of halogens is 1. The van der Waals surface area contributed by atoms with Crippen LogP contribution < -0.4 is 0 Å². The van der Waals surface area contributed by atoms with E-state index in [-0.39, 0.29) is 16.6 Å². The summed E-state index contributed by atoms with van der Waals surface area (Å²) in [5, 5.41) is 9.12. The zero-order valence-electron chi connectivity index (χ0n) is 10.7. The van der Waals surface area contributed by atoms with Gasteiger partial charge in [-0.3, -0.25) is 4.79 Å². The Morgan fingerprint density at radius 3 is 2.80 bits per heavy atom. The number of hydrogen-bond donors (Lipinski definition) is 1. The van der Waals surface area contributed by atoms with Crippen LogP contribution in [-0.2, 0) is 14.8 Å². The predicted octanol–water partition coefficient (Wildman–Crippen LogP) is 1.75. The van der Waals surface area contributed by atoms with Crippen molar-refractivity contribution in [2.75, 3.05) is 6.54 Å². The van der Waals surface area contributed by atoms with Gasteiger partial charge in [0.05, 0.1) is 0 Å². The Kier molecular flexibility index (Phi) is 4.62. The molecular formula is C12H15ClN2O4S. The maximum Gasteiger partial charge on any atom is 0.322 e. The third-order valence-corrected chi connectivity index (χ3v) is 5.65. The first-order valence-electron chi connectivity index (χ1n) is 6.30. The van der Waals surface area contributed by atoms with Crippen LogP contribution in [0.5, 0.6) is 0 Å². The van der Waals surface area contributed by atoms with Crippen molar-refractivity contribution in [1.29, 1.82) is 0 Å². The van der Waals surface area contributed by atoms with Crippen LogP contribution in [0.25, 0.3) is 0 Å². The molecule has 0 radical (unpaired) electrons. The quantitative estimate of drug-likeness (QED) is 0.858. The molecule has 110 valence electrons. The first-order valence-corrected chi connectivity index (χ1v) is 8.11. The zero-order valence-corrected chi connectivity index (χ0v) is 12.3. The van der Waals surface area contributed by atoms with Crippen molar-refractivity contribution in [1.82, 2.24) is 9.29 Å². The summed E-state index contributed by atoms with van der Waals surface area (Å²) < 4.78 is 26.3. The SMILES string of the molecule is O=C(O)C1CCCCCN1S(=O)(=O)c1cccnc1Cl. The zero-order chi connectivity index (χ0) is 14.8. The Labute approximate surface area is 122 Å². The van der Waals surface area contributed by atoms with E-state index in [1.54, 1.807) is 0 Å². The van der Waals surface area contributed by atoms with Crippen LogP contribution in [0.4, 0.5) is 0 Å². The summed E-state index contributed by atoms with van der Waals surface area (Å²) >= 11 is 5.83. The predicted molar refractivity (Wildman–Crippen MR) is 73.0 cm³/mol. The highest BCUT2D eigenvalue weighted by atomic mass is 35.5. The van der Waals surface area contributed by atoms with E-state index in [0.29, 0.717) is 19.3 Å². The number of carboxylic acids is 1. The fraction of sp³-hybridized carbons (Fsp3) is 0.500. The summed E-state index contributed by atoms with van der Waals surface area (Å²) in [6.45, 7) is 0.185. The molecular weight excluding hydrogens is 304 g/mol. The number of sulfonamides is 1. The minimum atomic E-state index is -3.95. The van der Waals surface area contributed by atoms with Gasteiger partial charge in [-0.1, -0.05) is 24.4 Å². The number of hydrogen-bond acceptors (Lipinski definition) is 4. The van der Waals surface area contributed by atoms with Crippen molar-refractivity contribution in [3.8, 4) is 0 Å². The van der Waals surface area contributed by atoms with E-state index < -0.39 is 22.0 Å². The lowest BCUT2D eigenvalue weighted by Crippen LogP contribution is -2.44. The Morgan fingerprint density at radius 2 is 2.15 bits per heavy atom. The van der Waals surface area contributed by atoms with Gasteiger partial charge in [0.25, 0.3) is 0 Å². The van der Waals surface area contributed by atoms with E-state index in [0.717, 1.165) is 10.7 Å². The molecule has 8 heteroatoms. The van der Waals surface area contributed by atoms with Crippen LogP contribution in [-0.4, -0.2) is 41.4 Å². The average molecular weight is 319 g/mol. The molecule has 0 aromatic carbocycles. The van der Waals surface area contributed by atoms with Gasteiger partial charge in [0.1, 0.15) is 16.1 Å². The van der Waals surface area contributed by atoms with Crippen LogP contribution in [0.15, 0.2) is 23.2 Å². The summed E-state index contributed by atoms with van der Waals surface area (Å²) in [6, 6.07) is 1.76. The van der Waals surface area contributed by atoms with Crippen molar-refractivity contribution in [2.45, 2.75) is 36.6 Å². The van der Waals surface area contributed by atoms with E-state index in [4.69, 9.17) is 11.6 Å². The standard InChI is InChI=1S/C12H15ClN2O4S/c13-11-10(6-4-7-14-11)20(18,19)15-8-3-1-2-5-9(15)12(16)17/h4,6-7,9H,1-3,5,8H2,(H,16,17). The number of rotatable bonds is 3. The van der Waals surface area contributed by atoms with E-state index in [9.17, 15) is 18.3 Å². The van der Waals surface area contributed by atoms with Gasteiger partial charge in [-0.05, 0) is 25.0 Å². The number of pyridine rings is 1. The Bertz CT molecular complexity index is 605. The van der Waals surface area contributed by atoms with Gasteiger partial charge < -0.3 is 5.11 Å². The van der Waals surface area contributed by atoms with Crippen LogP contribution in [0.3, 0.4) is 0 Å². The van der Waals surface area contributed by atoms with Crippen molar-refractivity contribution >= 4 is 27.6 Å². The molecule has 1 aliphatic rings. The average Bonchev–Trinajstić information content (AvgIpc) is 2.65. The van der Waals surface area contributed by atoms with Gasteiger partial charge in [-0.25, -0.2) is 13.4 Å². The lowest BCUT2D eigenvalue weighted by atomic mass is 10.1. The lowest BCUT2D eigenvalue weighted by Gasteiger charge is -2.26. The van der Waals surface area contributed by atoms with Crippen LogP contribution in [0.2, 0.25) is 5.15 Å². The summed E-state index contributed by atoms with van der Waals surface area (Å²) in [5.41, 5.74) is 0. The molecule has 1 atom stereocenters. The van der Waals surface area contributed by atoms with Crippen molar-refractivity contribution in [3.05, 3.63) is 23.5 Å². The van der Waals surface area contributed by atoms with Gasteiger partial charge in [0.2, 0.25) is 10.0 Å². The second-order valence-electron chi connectivity index (χ2n) is 4.61. The summed E-state index contributed by atoms with van der Waals surface area (Å²) in [6.07, 6.45) is 3.85. The molecule has 0 aliphatic carbocycles. The molecule has 1 aromatic heterocycles. The van der Waals surface area contributed by atoms with Crippen molar-refractivity contribution in [2.24, 2.45) is 0 Å². The third-order valence-electron chi connectivity index (χ3n) is 3.30. The summed E-state index contributed by atoms with van der Waals surface area (Å²) in [4.78, 5) is 14.9. The third kappa shape index (κ3) is 2.94. The van der Waals surface area contributed by atoms with Gasteiger partial charge in [0.15, 0.2) is 0 Å². The minimum absolute atomic E-state index is 0.138. The fourth-order valence-electron chi connectivity index (χ4n) is 2.31. The Balaban J connectivity index is 2.45. The highest BCUT2D eigenvalue weighted by molar-refractivity contribution is 7.89. The Morgan fingerprint density at radius 1 is 1.40 bits per heavy atom. The topological polar surface area (TPSA) is 87.6 Å². The van der Waals surface area contributed by atoms with Gasteiger partial charge in [-0.2, -0.15) is 4.31 Å². The first-order chi connectivity index (χ1) is 9.44. The largest absolute Gasteiger partial charge is 0.480 e. The lowest BCUT2D eigenvalue weighted by molar-refractivity contribution is -0.141. The summed E-state index contributed by atoms with van der Waals surface area (Å²) in [5.74, 6) is -1.13. The molecule has 2 heterocycles. The molecule has 1 N–H and O–H groups in total. The molecule has 1 unspecified atom stereocenters. The van der Waals surface area contributed by atoms with Gasteiger partial charge in [0, 0.05) is 12.7 Å². The fourth-order valence-corrected chi connectivity index (χ4v) is 4.39. The molecule has 20 heavy (non-hydrogen) atoms. The van der Waals surface area contributed by atoms with E-state index in [1.807, 2.05) is 0 Å². The smallest absolute Gasteiger partial charge is 0.322 e. The number of carbonyl (C=O) groups is 1. The van der Waals surface area contributed by atoms with Crippen LogP contribution in [0, 0.1) is 0 Å². The number of carboxylic acid groups (broad SMARTS) is 1. The van der Waals surface area contributed by atoms with Crippen molar-refractivity contribution < 1.29 is 18.3 Å². The maximum atomic E-state index is 12.6. The van der Waals surface area contributed by atoms with E-state index in [1.165, 1.54) is 18.3 Å². The molecule has 2 rings (SSSR count). The number of aromatic nitrogens is 1. The molecule has 1 aromatic rings. The first kappa shape index (κ1) is 15.2. The molecule has 1 aliphatic heterocycles. The highest BCUT2D eigenvalue weighted by Gasteiger charge is 2.37. The second kappa shape index (κ2) is 6.07. The van der Waals surface area contributed by atoms with Gasteiger partial charge >= 0.3 is 5.97 Å².